The van der Waals surface area contributed by atoms with E-state index in [0.717, 1.165) is 11.4 Å². The van der Waals surface area contributed by atoms with Gasteiger partial charge >= 0.3 is 6.18 Å². The first-order valence-electron chi connectivity index (χ1n) is 11.9. The van der Waals surface area contributed by atoms with Crippen molar-refractivity contribution in [2.45, 2.75) is 25.4 Å². The summed E-state index contributed by atoms with van der Waals surface area (Å²) in [7, 11) is 5.58. The highest BCUT2D eigenvalue weighted by molar-refractivity contribution is 5.74. The predicted octanol–water partition coefficient (Wildman–Crippen LogP) is 3.36. The molecule has 0 amide bonds. The predicted molar refractivity (Wildman–Crippen MR) is 139 cm³/mol. The first kappa shape index (κ1) is 27.1. The van der Waals surface area contributed by atoms with Gasteiger partial charge in [0, 0.05) is 38.3 Å². The first-order chi connectivity index (χ1) is 17.8. The summed E-state index contributed by atoms with van der Waals surface area (Å²) in [4.78, 5) is 27.4. The van der Waals surface area contributed by atoms with Crippen molar-refractivity contribution in [3.8, 4) is 5.88 Å². The third kappa shape index (κ3) is 6.13. The third-order valence-electron chi connectivity index (χ3n) is 5.93. The number of hydrogen-bond donors (Lipinski definition) is 2. The van der Waals surface area contributed by atoms with E-state index in [2.05, 4.69) is 44.1 Å². The highest BCUT2D eigenvalue weighted by Gasteiger charge is 2.38. The normalized spacial score (nSPS) is 14.5. The molecule has 3 aromatic heterocycles. The maximum absolute atomic E-state index is 13.0. The lowest BCUT2D eigenvalue weighted by Gasteiger charge is -2.24. The average molecular weight is 533 g/mol. The molecule has 0 atom stereocenters. The molecule has 0 unspecified atom stereocenters. The molecule has 0 aromatic carbocycles. The molecule has 38 heavy (non-hydrogen) atoms. The summed E-state index contributed by atoms with van der Waals surface area (Å²) in [5.74, 6) is 0.481. The van der Waals surface area contributed by atoms with Crippen LogP contribution in [0.4, 0.5) is 47.9 Å². The smallest absolute Gasteiger partial charge is 0.422 e. The molecule has 0 saturated heterocycles. The lowest BCUT2D eigenvalue weighted by molar-refractivity contribution is -0.153. The van der Waals surface area contributed by atoms with E-state index < -0.39 is 12.8 Å². The van der Waals surface area contributed by atoms with E-state index in [0.29, 0.717) is 31.4 Å². The Morgan fingerprint density at radius 1 is 1.13 bits per heavy atom. The van der Waals surface area contributed by atoms with Crippen LogP contribution < -0.4 is 25.6 Å². The van der Waals surface area contributed by atoms with Crippen LogP contribution in [-0.2, 0) is 5.41 Å². The molecule has 3 aromatic rings. The Labute approximate surface area is 218 Å². The Balaban J connectivity index is 1.64. The highest BCUT2D eigenvalue weighted by atomic mass is 19.4. The molecule has 4 rings (SSSR count). The van der Waals surface area contributed by atoms with Gasteiger partial charge < -0.3 is 30.5 Å². The largest absolute Gasteiger partial charge is 0.466 e. The number of aromatic nitrogens is 5. The van der Waals surface area contributed by atoms with Gasteiger partial charge in [-0.05, 0) is 32.3 Å². The number of pyridine rings is 2. The number of anilines is 6. The number of hydrogen-bond acceptors (Lipinski definition) is 11. The van der Waals surface area contributed by atoms with E-state index in [1.807, 2.05) is 36.0 Å². The van der Waals surface area contributed by atoms with Gasteiger partial charge in [-0.25, -0.2) is 9.97 Å². The van der Waals surface area contributed by atoms with Crippen LogP contribution in [0, 0.1) is 0 Å². The Hall–Kier alpha value is -3.94. The second-order valence-corrected chi connectivity index (χ2v) is 9.96. The monoisotopic (exact) mass is 532 g/mol. The number of nitrogen functional groups attached to an aromatic ring is 1. The molecule has 1 aliphatic rings. The summed E-state index contributed by atoms with van der Waals surface area (Å²) >= 11 is 0. The zero-order chi connectivity index (χ0) is 27.7. The number of nitrogens with zero attached hydrogens (tertiary/aromatic N) is 8. The number of fused-ring (bicyclic) bond motifs is 1. The maximum atomic E-state index is 13.0. The summed E-state index contributed by atoms with van der Waals surface area (Å²) in [6.45, 7) is 4.47. The standard InChI is InChI=1S/C24H31F3N10O/c1-23(2)12-37(17-7-6-8-29-18(17)23)22-31-14-30-21(34-22)32-16-11-15(28)19(36(5)10-9-35(3)4)33-20(16)38-13-24(25,26)27/h6-8,11,14H,9-10,12-13,28H2,1-5H3,(H,30,31,32,34). The summed E-state index contributed by atoms with van der Waals surface area (Å²) in [6.07, 6.45) is -1.49. The van der Waals surface area contributed by atoms with Crippen molar-refractivity contribution in [1.29, 1.82) is 0 Å². The Bertz CT molecular complexity index is 1280. The van der Waals surface area contributed by atoms with Crippen LogP contribution in [0.3, 0.4) is 0 Å². The van der Waals surface area contributed by atoms with E-state index in [-0.39, 0.29) is 28.6 Å². The van der Waals surface area contributed by atoms with Crippen LogP contribution in [0.1, 0.15) is 19.5 Å². The number of alkyl halides is 3. The number of likely N-dealkylation sites (N-methyl/N-ethyl adjacent to an activating group) is 2. The van der Waals surface area contributed by atoms with Crippen LogP contribution in [0.2, 0.25) is 0 Å². The van der Waals surface area contributed by atoms with Crippen molar-refractivity contribution in [3.63, 3.8) is 0 Å². The van der Waals surface area contributed by atoms with Crippen molar-refractivity contribution >= 4 is 34.8 Å². The zero-order valence-corrected chi connectivity index (χ0v) is 21.9. The summed E-state index contributed by atoms with van der Waals surface area (Å²) in [5, 5.41) is 2.91. The molecule has 0 bridgehead atoms. The van der Waals surface area contributed by atoms with E-state index in [1.165, 1.54) is 12.4 Å². The zero-order valence-electron chi connectivity index (χ0n) is 21.9. The lowest BCUT2D eigenvalue weighted by Crippen LogP contribution is -2.30. The molecule has 1 aliphatic heterocycles. The fourth-order valence-electron chi connectivity index (χ4n) is 4.08. The molecule has 4 heterocycles. The van der Waals surface area contributed by atoms with Crippen LogP contribution in [-0.4, -0.2) is 83.4 Å². The first-order valence-corrected chi connectivity index (χ1v) is 11.9. The molecule has 0 radical (unpaired) electrons. The minimum absolute atomic E-state index is 0.0944. The Kier molecular flexibility index (Phi) is 7.44. The van der Waals surface area contributed by atoms with Crippen LogP contribution >= 0.6 is 0 Å². The molecular weight excluding hydrogens is 501 g/mol. The van der Waals surface area contributed by atoms with Gasteiger partial charge in [0.15, 0.2) is 12.4 Å². The van der Waals surface area contributed by atoms with E-state index in [1.54, 1.807) is 18.1 Å². The Morgan fingerprint density at radius 3 is 2.61 bits per heavy atom. The number of halogens is 3. The lowest BCUT2D eigenvalue weighted by atomic mass is 9.91. The maximum Gasteiger partial charge on any atom is 0.422 e. The molecule has 11 nitrogen and oxygen atoms in total. The van der Waals surface area contributed by atoms with E-state index in [9.17, 15) is 13.2 Å². The second-order valence-electron chi connectivity index (χ2n) is 9.96. The number of ether oxygens (including phenoxy) is 1. The van der Waals surface area contributed by atoms with Crippen molar-refractivity contribution in [2.75, 3.05) is 68.2 Å². The van der Waals surface area contributed by atoms with Gasteiger partial charge in [-0.3, -0.25) is 4.98 Å². The number of nitrogens with two attached hydrogens (primary N) is 1. The number of rotatable bonds is 9. The molecule has 0 saturated carbocycles. The fraction of sp³-hybridized carbons (Fsp3) is 0.458. The summed E-state index contributed by atoms with van der Waals surface area (Å²) in [6, 6.07) is 5.23. The van der Waals surface area contributed by atoms with Crippen molar-refractivity contribution in [1.82, 2.24) is 29.8 Å². The van der Waals surface area contributed by atoms with Crippen molar-refractivity contribution in [2.24, 2.45) is 0 Å². The van der Waals surface area contributed by atoms with Crippen molar-refractivity contribution in [3.05, 3.63) is 36.4 Å². The minimum atomic E-state index is -4.55. The van der Waals surface area contributed by atoms with Gasteiger partial charge in [-0.15, -0.1) is 0 Å². The quantitative estimate of drug-likeness (QED) is 0.422. The Morgan fingerprint density at radius 2 is 1.89 bits per heavy atom. The van der Waals surface area contributed by atoms with Crippen molar-refractivity contribution < 1.29 is 17.9 Å². The summed E-state index contributed by atoms with van der Waals surface area (Å²) in [5.41, 5.74) is 8.15. The molecule has 204 valence electrons. The van der Waals surface area contributed by atoms with Crippen LogP contribution in [0.5, 0.6) is 5.88 Å². The SMILES string of the molecule is CN(C)CCN(C)c1nc(OCC(F)(F)F)c(Nc2ncnc(N3CC(C)(C)c4ncccc43)n2)cc1N. The topological polar surface area (TPSA) is 121 Å². The van der Waals surface area contributed by atoms with E-state index in [4.69, 9.17) is 10.5 Å². The van der Waals surface area contributed by atoms with Gasteiger partial charge in [0.1, 0.15) is 12.0 Å². The van der Waals surface area contributed by atoms with Gasteiger partial charge in [-0.2, -0.15) is 23.1 Å². The molecule has 0 aliphatic carbocycles. The third-order valence-corrected chi connectivity index (χ3v) is 5.93. The van der Waals surface area contributed by atoms with Crippen LogP contribution in [0.25, 0.3) is 0 Å². The van der Waals surface area contributed by atoms with Gasteiger partial charge in [0.2, 0.25) is 17.8 Å². The molecule has 3 N–H and O–H groups in total. The average Bonchev–Trinajstić information content (AvgIpc) is 3.12. The van der Waals surface area contributed by atoms with Crippen LogP contribution in [0.15, 0.2) is 30.7 Å². The van der Waals surface area contributed by atoms with Gasteiger partial charge in [0.25, 0.3) is 0 Å². The minimum Gasteiger partial charge on any atom is -0.466 e. The molecule has 14 heteroatoms. The fourth-order valence-corrected chi connectivity index (χ4v) is 4.08. The van der Waals surface area contributed by atoms with Gasteiger partial charge in [-0.1, -0.05) is 13.8 Å². The summed E-state index contributed by atoms with van der Waals surface area (Å²) < 4.78 is 44.1. The second kappa shape index (κ2) is 10.4. The number of nitrogens with one attached hydrogen (secondary N) is 1. The molecule has 0 fully saturated rings. The highest BCUT2D eigenvalue weighted by Crippen LogP contribution is 2.42. The van der Waals surface area contributed by atoms with Gasteiger partial charge in [0.05, 0.1) is 17.1 Å². The molecule has 0 spiro atoms. The molecular formula is C24H31F3N10O. The van der Waals surface area contributed by atoms with E-state index >= 15 is 0 Å².